The molecule has 0 unspecified atom stereocenters. The average molecular weight is 398 g/mol. The molecule has 7 heteroatoms. The monoisotopic (exact) mass is 397 g/mol. The van der Waals surface area contributed by atoms with Gasteiger partial charge < -0.3 is 15.2 Å². The van der Waals surface area contributed by atoms with Crippen LogP contribution in [0, 0.1) is 0 Å². The van der Waals surface area contributed by atoms with Gasteiger partial charge >= 0.3 is 5.97 Å². The van der Waals surface area contributed by atoms with Crippen LogP contribution in [0.2, 0.25) is 5.02 Å². The molecule has 3 aromatic rings. The van der Waals surface area contributed by atoms with Gasteiger partial charge in [0.15, 0.2) is 0 Å². The van der Waals surface area contributed by atoms with Gasteiger partial charge in [0.2, 0.25) is 5.95 Å². The van der Waals surface area contributed by atoms with E-state index in [0.29, 0.717) is 27.8 Å². The summed E-state index contributed by atoms with van der Waals surface area (Å²) in [5.41, 5.74) is 2.64. The summed E-state index contributed by atoms with van der Waals surface area (Å²) < 4.78 is 5.66. The van der Waals surface area contributed by atoms with E-state index >= 15 is 0 Å². The number of nitrogens with one attached hydrogen (secondary N) is 1. The Labute approximate surface area is 167 Å². The van der Waals surface area contributed by atoms with E-state index in [0.717, 1.165) is 22.6 Å². The largest absolute Gasteiger partial charge is 0.495 e. The molecule has 0 spiro atoms. The summed E-state index contributed by atoms with van der Waals surface area (Å²) in [7, 11) is 1.54. The molecule has 1 aromatic heterocycles. The van der Waals surface area contributed by atoms with Crippen LogP contribution in [-0.4, -0.2) is 34.2 Å². The number of carbonyl (C=O) groups is 1. The van der Waals surface area contributed by atoms with E-state index in [1.54, 1.807) is 12.3 Å². The highest BCUT2D eigenvalue weighted by molar-refractivity contribution is 6.33. The fourth-order valence-electron chi connectivity index (χ4n) is 2.92. The smallest absolute Gasteiger partial charge is 0.328 e. The summed E-state index contributed by atoms with van der Waals surface area (Å²) in [4.78, 5) is 20.1. The lowest BCUT2D eigenvalue weighted by atomic mass is 9.97. The molecule has 6 nitrogen and oxygen atoms in total. The number of halogens is 1. The van der Waals surface area contributed by atoms with Crippen molar-refractivity contribution in [3.63, 3.8) is 0 Å². The number of fused-ring (bicyclic) bond motifs is 1. The number of anilines is 1. The second-order valence-corrected chi connectivity index (χ2v) is 6.86. The van der Waals surface area contributed by atoms with Crippen molar-refractivity contribution in [1.82, 2.24) is 9.97 Å². The lowest BCUT2D eigenvalue weighted by Crippen LogP contribution is -2.12. The molecular weight excluding hydrogens is 378 g/mol. The van der Waals surface area contributed by atoms with E-state index in [4.69, 9.17) is 21.4 Å². The number of carboxylic acid groups (broad SMARTS) is 1. The highest BCUT2D eigenvalue weighted by atomic mass is 35.5. The number of hydrogen-bond acceptors (Lipinski definition) is 5. The molecule has 0 saturated carbocycles. The number of ether oxygens (including phenoxy) is 1. The number of nitrogens with zero attached hydrogens (tertiary/aromatic N) is 2. The molecule has 0 saturated heterocycles. The molecule has 0 aliphatic rings. The van der Waals surface area contributed by atoms with Crippen molar-refractivity contribution in [3.05, 3.63) is 53.2 Å². The molecule has 28 heavy (non-hydrogen) atoms. The van der Waals surface area contributed by atoms with Gasteiger partial charge in [-0.25, -0.2) is 14.8 Å². The summed E-state index contributed by atoms with van der Waals surface area (Å²) in [6, 6.07) is 9.44. The Bertz CT molecular complexity index is 1060. The zero-order chi connectivity index (χ0) is 20.3. The van der Waals surface area contributed by atoms with Gasteiger partial charge in [0.1, 0.15) is 5.75 Å². The van der Waals surface area contributed by atoms with E-state index < -0.39 is 5.97 Å². The van der Waals surface area contributed by atoms with Crippen molar-refractivity contribution < 1.29 is 14.6 Å². The SMILES string of the molecule is COc1c(-c2ccccc2Cl)cc2cnc(NC(C)C)nc2c1C=CC(=O)O. The van der Waals surface area contributed by atoms with Crippen LogP contribution in [0.3, 0.4) is 0 Å². The van der Waals surface area contributed by atoms with Gasteiger partial charge in [-0.05, 0) is 32.1 Å². The van der Waals surface area contributed by atoms with Crippen LogP contribution in [-0.2, 0) is 4.79 Å². The lowest BCUT2D eigenvalue weighted by Gasteiger charge is -2.16. The number of carboxylic acids is 1. The third-order valence-electron chi connectivity index (χ3n) is 4.04. The maximum atomic E-state index is 11.1. The summed E-state index contributed by atoms with van der Waals surface area (Å²) in [6.07, 6.45) is 4.24. The molecule has 0 atom stereocenters. The van der Waals surface area contributed by atoms with Crippen LogP contribution >= 0.6 is 11.6 Å². The standard InChI is InChI=1S/C21H20ClN3O3/c1-12(2)24-21-23-11-13-10-16(14-6-4-5-7-17(14)22)20(28-3)15(19(13)25-21)8-9-18(26)27/h4-12H,1-3H3,(H,26,27)(H,23,24,25). The fraction of sp³-hybridized carbons (Fsp3) is 0.190. The Morgan fingerprint density at radius 1 is 1.29 bits per heavy atom. The first-order valence-electron chi connectivity index (χ1n) is 8.71. The molecule has 2 N–H and O–H groups in total. The zero-order valence-electron chi connectivity index (χ0n) is 15.7. The molecule has 0 bridgehead atoms. The van der Waals surface area contributed by atoms with Crippen molar-refractivity contribution in [1.29, 1.82) is 0 Å². The molecule has 0 aliphatic heterocycles. The second-order valence-electron chi connectivity index (χ2n) is 6.45. The summed E-state index contributed by atoms with van der Waals surface area (Å²) in [5, 5.41) is 13.6. The Kier molecular flexibility index (Phi) is 5.80. The molecule has 1 heterocycles. The van der Waals surface area contributed by atoms with Gasteiger partial charge in [0, 0.05) is 45.4 Å². The summed E-state index contributed by atoms with van der Waals surface area (Å²) >= 11 is 6.39. The Balaban J connectivity index is 2.34. The van der Waals surface area contributed by atoms with Crippen LogP contribution in [0.15, 0.2) is 42.6 Å². The van der Waals surface area contributed by atoms with Crippen LogP contribution in [0.25, 0.3) is 28.1 Å². The second kappa shape index (κ2) is 8.27. The number of aliphatic carboxylic acids is 1. The Morgan fingerprint density at radius 3 is 2.68 bits per heavy atom. The number of hydrogen-bond donors (Lipinski definition) is 2. The van der Waals surface area contributed by atoms with Crippen molar-refractivity contribution in [2.75, 3.05) is 12.4 Å². The van der Waals surface area contributed by atoms with Crippen molar-refractivity contribution in [2.24, 2.45) is 0 Å². The normalized spacial score (nSPS) is 11.3. The molecule has 0 radical (unpaired) electrons. The molecule has 0 amide bonds. The number of aromatic nitrogens is 2. The van der Waals surface area contributed by atoms with Crippen LogP contribution in [0.4, 0.5) is 5.95 Å². The van der Waals surface area contributed by atoms with Crippen LogP contribution in [0.1, 0.15) is 19.4 Å². The maximum absolute atomic E-state index is 11.1. The molecule has 144 valence electrons. The minimum atomic E-state index is -1.06. The number of rotatable bonds is 6. The van der Waals surface area contributed by atoms with E-state index in [1.165, 1.54) is 13.2 Å². The first-order chi connectivity index (χ1) is 13.4. The molecular formula is C21H20ClN3O3. The fourth-order valence-corrected chi connectivity index (χ4v) is 3.16. The third kappa shape index (κ3) is 4.07. The Morgan fingerprint density at radius 2 is 2.04 bits per heavy atom. The van der Waals surface area contributed by atoms with E-state index in [2.05, 4.69) is 15.3 Å². The molecule has 3 rings (SSSR count). The molecule has 2 aromatic carbocycles. The van der Waals surface area contributed by atoms with Gasteiger partial charge in [0.25, 0.3) is 0 Å². The van der Waals surface area contributed by atoms with Gasteiger partial charge in [-0.15, -0.1) is 0 Å². The summed E-state index contributed by atoms with van der Waals surface area (Å²) in [6.45, 7) is 3.97. The topological polar surface area (TPSA) is 84.3 Å². The van der Waals surface area contributed by atoms with Crippen molar-refractivity contribution in [3.8, 4) is 16.9 Å². The van der Waals surface area contributed by atoms with Crippen LogP contribution < -0.4 is 10.1 Å². The van der Waals surface area contributed by atoms with Crippen molar-refractivity contribution >= 4 is 40.5 Å². The highest BCUT2D eigenvalue weighted by Crippen LogP contribution is 2.41. The molecule has 0 aliphatic carbocycles. The third-order valence-corrected chi connectivity index (χ3v) is 4.37. The predicted octanol–water partition coefficient (Wildman–Crippen LogP) is 4.88. The Hall–Kier alpha value is -3.12. The lowest BCUT2D eigenvalue weighted by molar-refractivity contribution is -0.131. The van der Waals surface area contributed by atoms with Gasteiger partial charge in [0.05, 0.1) is 12.6 Å². The average Bonchev–Trinajstić information content (AvgIpc) is 2.65. The predicted molar refractivity (Wildman–Crippen MR) is 112 cm³/mol. The first kappa shape index (κ1) is 19.6. The molecule has 0 fully saturated rings. The van der Waals surface area contributed by atoms with E-state index in [9.17, 15) is 4.79 Å². The highest BCUT2D eigenvalue weighted by Gasteiger charge is 2.18. The first-order valence-corrected chi connectivity index (χ1v) is 9.08. The van der Waals surface area contributed by atoms with Crippen molar-refractivity contribution in [2.45, 2.75) is 19.9 Å². The van der Waals surface area contributed by atoms with Gasteiger partial charge in [-0.2, -0.15) is 0 Å². The number of benzene rings is 2. The minimum absolute atomic E-state index is 0.153. The minimum Gasteiger partial charge on any atom is -0.495 e. The van der Waals surface area contributed by atoms with Gasteiger partial charge in [-0.1, -0.05) is 29.8 Å². The zero-order valence-corrected chi connectivity index (χ0v) is 16.5. The number of methoxy groups -OCH3 is 1. The summed E-state index contributed by atoms with van der Waals surface area (Å²) in [5.74, 6) is -0.111. The van der Waals surface area contributed by atoms with E-state index in [-0.39, 0.29) is 6.04 Å². The van der Waals surface area contributed by atoms with E-state index in [1.807, 2.05) is 38.1 Å². The maximum Gasteiger partial charge on any atom is 0.328 e. The van der Waals surface area contributed by atoms with Gasteiger partial charge in [-0.3, -0.25) is 0 Å². The quantitative estimate of drug-likeness (QED) is 0.577. The van der Waals surface area contributed by atoms with Crippen LogP contribution in [0.5, 0.6) is 5.75 Å².